The zero-order valence-electron chi connectivity index (χ0n) is 14.7. The molecule has 2 aliphatic rings. The number of benzene rings is 2. The van der Waals surface area contributed by atoms with Gasteiger partial charge in [0, 0.05) is 16.7 Å². The van der Waals surface area contributed by atoms with Gasteiger partial charge in [0.1, 0.15) is 23.2 Å². The van der Waals surface area contributed by atoms with E-state index in [0.717, 1.165) is 33.8 Å². The van der Waals surface area contributed by atoms with E-state index in [1.807, 2.05) is 36.4 Å². The van der Waals surface area contributed by atoms with Crippen LogP contribution in [0.25, 0.3) is 16.8 Å². The van der Waals surface area contributed by atoms with E-state index in [1.54, 1.807) is 14.2 Å². The van der Waals surface area contributed by atoms with Crippen LogP contribution in [0.4, 0.5) is 0 Å². The Bertz CT molecular complexity index is 1040. The lowest BCUT2D eigenvalue weighted by Gasteiger charge is -2.12. The molecule has 0 aromatic heterocycles. The molecule has 0 atom stereocenters. The van der Waals surface area contributed by atoms with Gasteiger partial charge in [-0.1, -0.05) is 6.07 Å². The summed E-state index contributed by atoms with van der Waals surface area (Å²) in [5, 5.41) is 30.0. The molecule has 2 aromatic carbocycles. The third-order valence-corrected chi connectivity index (χ3v) is 5.34. The molecular formula is C19H17N5O2S. The normalized spacial score (nSPS) is 18.2. The highest BCUT2D eigenvalue weighted by Gasteiger charge is 2.30. The molecule has 136 valence electrons. The predicted molar refractivity (Wildman–Crippen MR) is 108 cm³/mol. The number of hydrogen-bond acceptors (Lipinski definition) is 6. The van der Waals surface area contributed by atoms with E-state index >= 15 is 0 Å². The molecular weight excluding hydrogens is 362 g/mol. The quantitative estimate of drug-likeness (QED) is 0.562. The molecule has 0 radical (unpaired) electrons. The van der Waals surface area contributed by atoms with Crippen molar-refractivity contribution >= 4 is 34.3 Å². The number of nitrogens with one attached hydrogen (secondary N) is 5. The van der Waals surface area contributed by atoms with Crippen LogP contribution in [0.2, 0.25) is 0 Å². The van der Waals surface area contributed by atoms with Crippen molar-refractivity contribution in [2.45, 2.75) is 0 Å². The van der Waals surface area contributed by atoms with Gasteiger partial charge >= 0.3 is 0 Å². The van der Waals surface area contributed by atoms with Gasteiger partial charge in [-0.05, 0) is 47.7 Å². The van der Waals surface area contributed by atoms with Gasteiger partial charge in [-0.25, -0.2) is 0 Å². The topological polar surface area (TPSA) is 114 Å². The van der Waals surface area contributed by atoms with Gasteiger partial charge in [-0.15, -0.1) is 0 Å². The van der Waals surface area contributed by atoms with Crippen molar-refractivity contribution in [3.63, 3.8) is 0 Å². The lowest BCUT2D eigenvalue weighted by molar-refractivity contribution is 0.404. The number of hydrogen-bond donors (Lipinski definition) is 5. The van der Waals surface area contributed by atoms with Crippen LogP contribution in [0.15, 0.2) is 41.3 Å². The minimum atomic E-state index is 0.164. The van der Waals surface area contributed by atoms with Gasteiger partial charge in [0.2, 0.25) is 0 Å². The van der Waals surface area contributed by atoms with Crippen LogP contribution in [0, 0.1) is 16.2 Å². The lowest BCUT2D eigenvalue weighted by atomic mass is 9.98. The Morgan fingerprint density at radius 3 is 2.30 bits per heavy atom. The SMILES string of the molecule is COc1ccc(OC)c(-c2ccc3c(c2)C(=C2SC(=N)NC2=N)NC3=N)c1. The molecule has 5 N–H and O–H groups in total. The van der Waals surface area contributed by atoms with Crippen molar-refractivity contribution in [2.24, 2.45) is 0 Å². The van der Waals surface area contributed by atoms with E-state index in [4.69, 9.17) is 25.7 Å². The van der Waals surface area contributed by atoms with Crippen molar-refractivity contribution in [1.82, 2.24) is 10.6 Å². The van der Waals surface area contributed by atoms with Crippen molar-refractivity contribution in [2.75, 3.05) is 14.2 Å². The number of amidine groups is 3. The Hall–Kier alpha value is -3.26. The molecule has 0 bridgehead atoms. The average Bonchev–Trinajstić information content (AvgIpc) is 3.19. The zero-order valence-corrected chi connectivity index (χ0v) is 15.5. The predicted octanol–water partition coefficient (Wildman–Crippen LogP) is 3.22. The van der Waals surface area contributed by atoms with Gasteiger partial charge in [0.15, 0.2) is 5.17 Å². The first-order valence-corrected chi connectivity index (χ1v) is 8.93. The Kier molecular flexibility index (Phi) is 4.12. The summed E-state index contributed by atoms with van der Waals surface area (Å²) in [6.45, 7) is 0. The van der Waals surface area contributed by atoms with Crippen LogP contribution in [-0.4, -0.2) is 31.1 Å². The summed E-state index contributed by atoms with van der Waals surface area (Å²) in [5.74, 6) is 1.89. The molecule has 0 amide bonds. The standard InChI is InChI=1S/C19H17N5O2S/c1-25-10-4-6-14(26-2)12(8-10)9-3-5-11-13(7-9)15(23-17(11)20)16-18(21)24-19(22)27-16/h3-8H,1-2H3,(H2,20,23)(H3,21,22,24). The van der Waals surface area contributed by atoms with Crippen LogP contribution >= 0.6 is 11.8 Å². The Labute approximate surface area is 160 Å². The van der Waals surface area contributed by atoms with Crippen molar-refractivity contribution in [3.05, 3.63) is 52.4 Å². The number of thioether (sulfide) groups is 1. The molecule has 4 rings (SSSR count). The second-order valence-electron chi connectivity index (χ2n) is 5.96. The summed E-state index contributed by atoms with van der Waals surface area (Å²) in [6, 6.07) is 11.4. The van der Waals surface area contributed by atoms with E-state index in [-0.39, 0.29) is 16.8 Å². The fourth-order valence-electron chi connectivity index (χ4n) is 3.14. The molecule has 0 spiro atoms. The van der Waals surface area contributed by atoms with Crippen LogP contribution < -0.4 is 20.1 Å². The summed E-state index contributed by atoms with van der Waals surface area (Å²) in [7, 11) is 3.24. The van der Waals surface area contributed by atoms with Gasteiger partial charge in [-0.3, -0.25) is 16.2 Å². The summed E-state index contributed by atoms with van der Waals surface area (Å²) in [6.07, 6.45) is 0. The highest BCUT2D eigenvalue weighted by molar-refractivity contribution is 8.18. The molecule has 2 heterocycles. The summed E-state index contributed by atoms with van der Waals surface area (Å²) in [4.78, 5) is 0.609. The highest BCUT2D eigenvalue weighted by Crippen LogP contribution is 2.39. The summed E-state index contributed by atoms with van der Waals surface area (Å²) < 4.78 is 10.8. The first-order valence-electron chi connectivity index (χ1n) is 8.11. The second-order valence-corrected chi connectivity index (χ2v) is 6.98. The fourth-order valence-corrected chi connectivity index (χ4v) is 3.91. The molecule has 0 unspecified atom stereocenters. The monoisotopic (exact) mass is 379 g/mol. The third-order valence-electron chi connectivity index (χ3n) is 4.42. The first-order chi connectivity index (χ1) is 13.0. The molecule has 2 aliphatic heterocycles. The number of ether oxygens (including phenoxy) is 2. The van der Waals surface area contributed by atoms with E-state index in [0.29, 0.717) is 10.6 Å². The lowest BCUT2D eigenvalue weighted by Crippen LogP contribution is -2.20. The summed E-state index contributed by atoms with van der Waals surface area (Å²) in [5.41, 5.74) is 4.05. The van der Waals surface area contributed by atoms with Gasteiger partial charge in [0.05, 0.1) is 24.8 Å². The smallest absolute Gasteiger partial charge is 0.164 e. The Morgan fingerprint density at radius 2 is 1.63 bits per heavy atom. The van der Waals surface area contributed by atoms with Gasteiger partial charge < -0.3 is 20.1 Å². The van der Waals surface area contributed by atoms with E-state index < -0.39 is 0 Å². The summed E-state index contributed by atoms with van der Waals surface area (Å²) >= 11 is 1.18. The van der Waals surface area contributed by atoms with Crippen molar-refractivity contribution in [3.8, 4) is 22.6 Å². The number of fused-ring (bicyclic) bond motifs is 1. The van der Waals surface area contributed by atoms with Gasteiger partial charge in [0.25, 0.3) is 0 Å². The Morgan fingerprint density at radius 1 is 0.815 bits per heavy atom. The first kappa shape index (κ1) is 17.2. The number of rotatable bonds is 3. The van der Waals surface area contributed by atoms with Crippen LogP contribution in [0.3, 0.4) is 0 Å². The van der Waals surface area contributed by atoms with E-state index in [9.17, 15) is 0 Å². The van der Waals surface area contributed by atoms with Crippen LogP contribution in [-0.2, 0) is 0 Å². The largest absolute Gasteiger partial charge is 0.497 e. The minimum absolute atomic E-state index is 0.164. The maximum absolute atomic E-state index is 8.21. The van der Waals surface area contributed by atoms with Crippen molar-refractivity contribution < 1.29 is 9.47 Å². The van der Waals surface area contributed by atoms with Crippen LogP contribution in [0.1, 0.15) is 11.1 Å². The van der Waals surface area contributed by atoms with Crippen LogP contribution in [0.5, 0.6) is 11.5 Å². The molecule has 0 aliphatic carbocycles. The fraction of sp³-hybridized carbons (Fsp3) is 0.105. The maximum Gasteiger partial charge on any atom is 0.164 e. The second kappa shape index (κ2) is 6.48. The molecule has 27 heavy (non-hydrogen) atoms. The molecule has 1 fully saturated rings. The molecule has 8 heteroatoms. The minimum Gasteiger partial charge on any atom is -0.497 e. The molecule has 7 nitrogen and oxygen atoms in total. The Balaban J connectivity index is 1.89. The zero-order chi connectivity index (χ0) is 19.1. The highest BCUT2D eigenvalue weighted by atomic mass is 32.2. The van der Waals surface area contributed by atoms with Gasteiger partial charge in [-0.2, -0.15) is 0 Å². The van der Waals surface area contributed by atoms with Crippen molar-refractivity contribution in [1.29, 1.82) is 16.2 Å². The van der Waals surface area contributed by atoms with E-state index in [1.165, 1.54) is 11.8 Å². The maximum atomic E-state index is 8.21. The third kappa shape index (κ3) is 2.83. The number of methoxy groups -OCH3 is 2. The molecule has 1 saturated heterocycles. The van der Waals surface area contributed by atoms with E-state index in [2.05, 4.69) is 10.6 Å². The molecule has 2 aromatic rings. The molecule has 0 saturated carbocycles. The average molecular weight is 379 g/mol.